The maximum atomic E-state index is 5.68. The fraction of sp³-hybridized carbons (Fsp3) is 0.176. The van der Waals surface area contributed by atoms with Gasteiger partial charge in [-0.1, -0.05) is 55.1 Å². The van der Waals surface area contributed by atoms with Gasteiger partial charge in [0, 0.05) is 0 Å². The average molecular weight is 254 g/mol. The number of ether oxygens (including phenoxy) is 2. The van der Waals surface area contributed by atoms with Gasteiger partial charge in [-0.05, 0) is 30.2 Å². The molecule has 0 spiro atoms. The lowest BCUT2D eigenvalue weighted by Crippen LogP contribution is -2.16. The number of hydrogen-bond acceptors (Lipinski definition) is 2. The van der Waals surface area contributed by atoms with Crippen molar-refractivity contribution in [1.82, 2.24) is 0 Å². The van der Waals surface area contributed by atoms with Crippen LogP contribution in [-0.2, 0) is 11.3 Å². The molecule has 0 fully saturated rings. The summed E-state index contributed by atoms with van der Waals surface area (Å²) in [5.41, 5.74) is 2.21. The maximum absolute atomic E-state index is 5.68. The Bertz CT molecular complexity index is 503. The third-order valence-corrected chi connectivity index (χ3v) is 2.75. The third-order valence-electron chi connectivity index (χ3n) is 2.75. The van der Waals surface area contributed by atoms with Crippen molar-refractivity contribution >= 4 is 6.08 Å². The van der Waals surface area contributed by atoms with Crippen molar-refractivity contribution in [1.29, 1.82) is 0 Å². The molecule has 0 aromatic heterocycles. The summed E-state index contributed by atoms with van der Waals surface area (Å²) >= 11 is 0. The highest BCUT2D eigenvalue weighted by Crippen LogP contribution is 2.15. The lowest BCUT2D eigenvalue weighted by Gasteiger charge is -2.15. The van der Waals surface area contributed by atoms with Gasteiger partial charge in [0.05, 0.1) is 6.61 Å². The van der Waals surface area contributed by atoms with Gasteiger partial charge in [-0.2, -0.15) is 0 Å². The van der Waals surface area contributed by atoms with E-state index < -0.39 is 0 Å². The summed E-state index contributed by atoms with van der Waals surface area (Å²) in [5, 5.41) is 0. The van der Waals surface area contributed by atoms with Crippen molar-refractivity contribution in [2.75, 3.05) is 0 Å². The maximum Gasteiger partial charge on any atom is 0.197 e. The second kappa shape index (κ2) is 6.76. The standard InChI is InChI=1S/C17H18O2/c1-3-15-9-11-17(12-10-15)19-14(2)18-13-16-7-5-4-6-8-16/h3-12,14H,1,13H2,2H3. The zero-order chi connectivity index (χ0) is 13.5. The number of hydrogen-bond donors (Lipinski definition) is 0. The Labute approximate surface area is 114 Å². The van der Waals surface area contributed by atoms with E-state index in [9.17, 15) is 0 Å². The van der Waals surface area contributed by atoms with Crippen LogP contribution in [-0.4, -0.2) is 6.29 Å². The number of benzene rings is 2. The van der Waals surface area contributed by atoms with E-state index >= 15 is 0 Å². The summed E-state index contributed by atoms with van der Waals surface area (Å²) in [5.74, 6) is 0.797. The van der Waals surface area contributed by atoms with Crippen molar-refractivity contribution in [3.8, 4) is 5.75 Å². The third kappa shape index (κ3) is 4.27. The van der Waals surface area contributed by atoms with E-state index in [1.165, 1.54) is 0 Å². The second-order valence-corrected chi connectivity index (χ2v) is 4.26. The van der Waals surface area contributed by atoms with E-state index in [2.05, 4.69) is 6.58 Å². The lowest BCUT2D eigenvalue weighted by atomic mass is 10.2. The van der Waals surface area contributed by atoms with Gasteiger partial charge >= 0.3 is 0 Å². The van der Waals surface area contributed by atoms with Crippen molar-refractivity contribution in [3.63, 3.8) is 0 Å². The van der Waals surface area contributed by atoms with Gasteiger partial charge in [-0.3, -0.25) is 0 Å². The number of rotatable bonds is 6. The zero-order valence-corrected chi connectivity index (χ0v) is 11.1. The van der Waals surface area contributed by atoms with Crippen LogP contribution in [0.4, 0.5) is 0 Å². The van der Waals surface area contributed by atoms with Gasteiger partial charge in [-0.25, -0.2) is 0 Å². The molecule has 0 aliphatic carbocycles. The van der Waals surface area contributed by atoms with E-state index in [0.717, 1.165) is 16.9 Å². The topological polar surface area (TPSA) is 18.5 Å². The van der Waals surface area contributed by atoms with Gasteiger partial charge in [0.1, 0.15) is 5.75 Å². The molecule has 98 valence electrons. The molecule has 2 nitrogen and oxygen atoms in total. The molecule has 1 unspecified atom stereocenters. The Hall–Kier alpha value is -2.06. The lowest BCUT2D eigenvalue weighted by molar-refractivity contribution is -0.0759. The summed E-state index contributed by atoms with van der Waals surface area (Å²) < 4.78 is 11.3. The molecule has 2 rings (SSSR count). The normalized spacial score (nSPS) is 11.8. The van der Waals surface area contributed by atoms with Crippen LogP contribution >= 0.6 is 0 Å². The van der Waals surface area contributed by atoms with E-state index in [-0.39, 0.29) is 6.29 Å². The minimum Gasteiger partial charge on any atom is -0.465 e. The first-order valence-corrected chi connectivity index (χ1v) is 6.32. The highest BCUT2D eigenvalue weighted by Gasteiger charge is 2.04. The van der Waals surface area contributed by atoms with E-state index in [1.807, 2.05) is 61.5 Å². The quantitative estimate of drug-likeness (QED) is 0.717. The fourth-order valence-corrected chi connectivity index (χ4v) is 1.70. The van der Waals surface area contributed by atoms with E-state index in [0.29, 0.717) is 6.61 Å². The Kier molecular flexibility index (Phi) is 4.76. The molecular formula is C17H18O2. The first-order chi connectivity index (χ1) is 9.28. The summed E-state index contributed by atoms with van der Waals surface area (Å²) in [6.07, 6.45) is 1.52. The molecule has 0 amide bonds. The molecule has 2 aromatic carbocycles. The van der Waals surface area contributed by atoms with Crippen LogP contribution in [0.2, 0.25) is 0 Å². The summed E-state index contributed by atoms with van der Waals surface area (Å²) in [6, 6.07) is 17.8. The molecule has 2 heteroatoms. The Balaban J connectivity index is 1.83. The highest BCUT2D eigenvalue weighted by molar-refractivity contribution is 5.48. The van der Waals surface area contributed by atoms with Crippen LogP contribution in [0.25, 0.3) is 6.08 Å². The smallest absolute Gasteiger partial charge is 0.197 e. The molecule has 2 aromatic rings. The fourth-order valence-electron chi connectivity index (χ4n) is 1.70. The predicted octanol–water partition coefficient (Wildman–Crippen LogP) is 4.27. The van der Waals surface area contributed by atoms with Crippen molar-refractivity contribution in [2.24, 2.45) is 0 Å². The highest BCUT2D eigenvalue weighted by atomic mass is 16.7. The van der Waals surface area contributed by atoms with Crippen LogP contribution in [0, 0.1) is 0 Å². The predicted molar refractivity (Wildman–Crippen MR) is 77.9 cm³/mol. The molecule has 0 heterocycles. The largest absolute Gasteiger partial charge is 0.465 e. The Morgan fingerprint density at radius 2 is 1.74 bits per heavy atom. The van der Waals surface area contributed by atoms with Gasteiger partial charge in [0.25, 0.3) is 0 Å². The van der Waals surface area contributed by atoms with E-state index in [4.69, 9.17) is 9.47 Å². The average Bonchev–Trinajstić information content (AvgIpc) is 2.47. The summed E-state index contributed by atoms with van der Waals surface area (Å²) in [6.45, 7) is 6.16. The van der Waals surface area contributed by atoms with Crippen LogP contribution in [0.5, 0.6) is 5.75 Å². The van der Waals surface area contributed by atoms with Gasteiger partial charge in [0.15, 0.2) is 6.29 Å². The van der Waals surface area contributed by atoms with Crippen molar-refractivity contribution in [2.45, 2.75) is 19.8 Å². The molecule has 0 radical (unpaired) electrons. The summed E-state index contributed by atoms with van der Waals surface area (Å²) in [7, 11) is 0. The van der Waals surface area contributed by atoms with Crippen LogP contribution in [0.3, 0.4) is 0 Å². The summed E-state index contributed by atoms with van der Waals surface area (Å²) in [4.78, 5) is 0. The minimum atomic E-state index is -0.283. The molecular weight excluding hydrogens is 236 g/mol. The van der Waals surface area contributed by atoms with Gasteiger partial charge < -0.3 is 9.47 Å². The first-order valence-electron chi connectivity index (χ1n) is 6.32. The SMILES string of the molecule is C=Cc1ccc(OC(C)OCc2ccccc2)cc1. The molecule has 0 saturated heterocycles. The van der Waals surface area contributed by atoms with E-state index in [1.54, 1.807) is 6.08 Å². The van der Waals surface area contributed by atoms with Gasteiger partial charge in [-0.15, -0.1) is 0 Å². The van der Waals surface area contributed by atoms with Gasteiger partial charge in [0.2, 0.25) is 0 Å². The van der Waals surface area contributed by atoms with Crippen LogP contribution in [0.15, 0.2) is 61.2 Å². The molecule has 0 aliphatic rings. The molecule has 0 saturated carbocycles. The van der Waals surface area contributed by atoms with Crippen molar-refractivity contribution in [3.05, 3.63) is 72.3 Å². The van der Waals surface area contributed by atoms with Crippen LogP contribution in [0.1, 0.15) is 18.1 Å². The monoisotopic (exact) mass is 254 g/mol. The molecule has 1 atom stereocenters. The second-order valence-electron chi connectivity index (χ2n) is 4.26. The molecule has 0 bridgehead atoms. The molecule has 0 N–H and O–H groups in total. The van der Waals surface area contributed by atoms with Crippen molar-refractivity contribution < 1.29 is 9.47 Å². The molecule has 19 heavy (non-hydrogen) atoms. The van der Waals surface area contributed by atoms with Crippen LogP contribution < -0.4 is 4.74 Å². The minimum absolute atomic E-state index is 0.283. The zero-order valence-electron chi connectivity index (χ0n) is 11.1. The Morgan fingerprint density at radius 1 is 1.05 bits per heavy atom. The Morgan fingerprint density at radius 3 is 2.37 bits per heavy atom. The molecule has 0 aliphatic heterocycles. The first kappa shape index (κ1) is 13.4.